The molecule has 0 aliphatic rings. The highest BCUT2D eigenvalue weighted by atomic mass is 32.1. The van der Waals surface area contributed by atoms with E-state index in [0.29, 0.717) is 6.61 Å². The molecule has 1 N–H and O–H groups in total. The number of thiazole rings is 1. The minimum Gasteiger partial charge on any atom is -0.390 e. The van der Waals surface area contributed by atoms with E-state index in [4.69, 9.17) is 4.84 Å². The van der Waals surface area contributed by atoms with Gasteiger partial charge in [0.15, 0.2) is 6.61 Å². The Hall–Kier alpha value is -2.21. The number of aromatic nitrogens is 1. The molecule has 21 heavy (non-hydrogen) atoms. The Balaban J connectivity index is 1.93. The fourth-order valence-electron chi connectivity index (χ4n) is 1.72. The number of carbonyl (C=O) groups is 1. The molecule has 110 valence electrons. The molecule has 1 aromatic heterocycles. The second-order valence-electron chi connectivity index (χ2n) is 4.55. The summed E-state index contributed by atoms with van der Waals surface area (Å²) in [5, 5.41) is 7.84. The summed E-state index contributed by atoms with van der Waals surface area (Å²) >= 11 is 1.60. The van der Waals surface area contributed by atoms with Gasteiger partial charge in [0.25, 0.3) is 0 Å². The molecule has 0 saturated heterocycles. The molecule has 0 saturated carbocycles. The molecule has 1 heterocycles. The minimum absolute atomic E-state index is 0.0867. The summed E-state index contributed by atoms with van der Waals surface area (Å²) in [5.74, 6) is -0.0867. The number of oxime groups is 1. The van der Waals surface area contributed by atoms with E-state index in [1.54, 1.807) is 17.5 Å². The van der Waals surface area contributed by atoms with Crippen molar-refractivity contribution in [2.24, 2.45) is 5.16 Å². The van der Waals surface area contributed by atoms with E-state index in [1.165, 1.54) is 6.92 Å². The van der Waals surface area contributed by atoms with Crippen molar-refractivity contribution in [3.05, 3.63) is 45.9 Å². The van der Waals surface area contributed by atoms with Crippen LogP contribution in [0.15, 0.2) is 35.6 Å². The molecule has 6 heteroatoms. The summed E-state index contributed by atoms with van der Waals surface area (Å²) in [6.45, 7) is 5.74. The van der Waals surface area contributed by atoms with Crippen LogP contribution in [0.3, 0.4) is 0 Å². The molecule has 0 spiro atoms. The Morgan fingerprint density at radius 1 is 1.33 bits per heavy atom. The van der Waals surface area contributed by atoms with E-state index in [1.807, 2.05) is 38.1 Å². The first kappa shape index (κ1) is 15.2. The number of nitrogens with one attached hydrogen (secondary N) is 1. The molecule has 0 fully saturated rings. The first-order chi connectivity index (χ1) is 10.0. The molecule has 1 amide bonds. The third-order valence-electron chi connectivity index (χ3n) is 2.70. The van der Waals surface area contributed by atoms with E-state index in [9.17, 15) is 4.79 Å². The Morgan fingerprint density at radius 3 is 2.62 bits per heavy atom. The van der Waals surface area contributed by atoms with Crippen LogP contribution in [0.1, 0.15) is 29.3 Å². The van der Waals surface area contributed by atoms with Gasteiger partial charge in [-0.1, -0.05) is 17.3 Å². The van der Waals surface area contributed by atoms with Crippen LogP contribution in [0.4, 0.5) is 5.69 Å². The highest BCUT2D eigenvalue weighted by Gasteiger charge is 2.01. The summed E-state index contributed by atoms with van der Waals surface area (Å²) < 4.78 is 0. The Labute approximate surface area is 127 Å². The summed E-state index contributed by atoms with van der Waals surface area (Å²) in [6.07, 6.45) is 1.80. The maximum absolute atomic E-state index is 11.0. The number of carbonyl (C=O) groups excluding carboxylic acids is 1. The predicted molar refractivity (Wildman–Crippen MR) is 84.6 cm³/mol. The number of nitrogens with zero attached hydrogens (tertiary/aromatic N) is 2. The van der Waals surface area contributed by atoms with E-state index in [-0.39, 0.29) is 5.91 Å². The third kappa shape index (κ3) is 4.68. The second kappa shape index (κ2) is 6.99. The summed E-state index contributed by atoms with van der Waals surface area (Å²) in [5.41, 5.74) is 2.50. The molecule has 2 rings (SSSR count). The zero-order chi connectivity index (χ0) is 15.2. The maximum atomic E-state index is 11.0. The average molecular weight is 303 g/mol. The van der Waals surface area contributed by atoms with Crippen molar-refractivity contribution in [1.29, 1.82) is 0 Å². The fraction of sp³-hybridized carbons (Fsp3) is 0.267. The van der Waals surface area contributed by atoms with Gasteiger partial charge in [-0.05, 0) is 31.5 Å². The van der Waals surface area contributed by atoms with Gasteiger partial charge in [0, 0.05) is 18.8 Å². The van der Waals surface area contributed by atoms with Crippen LogP contribution >= 0.6 is 11.3 Å². The van der Waals surface area contributed by atoms with Crippen LogP contribution in [0, 0.1) is 6.92 Å². The van der Waals surface area contributed by atoms with Gasteiger partial charge in [-0.3, -0.25) is 4.79 Å². The van der Waals surface area contributed by atoms with Crippen molar-refractivity contribution in [3.63, 3.8) is 0 Å². The van der Waals surface area contributed by atoms with Crippen LogP contribution in [0.5, 0.6) is 0 Å². The molecule has 0 radical (unpaired) electrons. The maximum Gasteiger partial charge on any atom is 0.221 e. The monoisotopic (exact) mass is 303 g/mol. The lowest BCUT2D eigenvalue weighted by Gasteiger charge is -2.04. The van der Waals surface area contributed by atoms with Crippen LogP contribution in [-0.4, -0.2) is 16.6 Å². The molecule has 0 unspecified atom stereocenters. The molecule has 5 nitrogen and oxygen atoms in total. The topological polar surface area (TPSA) is 63.6 Å². The molecular weight excluding hydrogens is 286 g/mol. The first-order valence-electron chi connectivity index (χ1n) is 6.50. The molecular formula is C15H17N3O2S. The number of aryl methyl sites for hydroxylation is 1. The minimum atomic E-state index is -0.0867. The highest BCUT2D eigenvalue weighted by Crippen LogP contribution is 2.14. The van der Waals surface area contributed by atoms with Crippen LogP contribution < -0.4 is 5.32 Å². The van der Waals surface area contributed by atoms with E-state index < -0.39 is 0 Å². The summed E-state index contributed by atoms with van der Waals surface area (Å²) in [4.78, 5) is 21.5. The van der Waals surface area contributed by atoms with E-state index in [0.717, 1.165) is 26.8 Å². The zero-order valence-electron chi connectivity index (χ0n) is 12.2. The highest BCUT2D eigenvalue weighted by molar-refractivity contribution is 7.11. The van der Waals surface area contributed by atoms with Crippen molar-refractivity contribution in [2.45, 2.75) is 27.4 Å². The lowest BCUT2D eigenvalue weighted by molar-refractivity contribution is -0.114. The summed E-state index contributed by atoms with van der Waals surface area (Å²) in [7, 11) is 0. The van der Waals surface area contributed by atoms with Crippen molar-refractivity contribution in [2.75, 3.05) is 5.32 Å². The molecule has 0 atom stereocenters. The van der Waals surface area contributed by atoms with Gasteiger partial charge in [0.1, 0.15) is 0 Å². The zero-order valence-corrected chi connectivity index (χ0v) is 13.0. The van der Waals surface area contributed by atoms with Gasteiger partial charge in [0.2, 0.25) is 5.91 Å². The third-order valence-corrected chi connectivity index (χ3v) is 3.59. The lowest BCUT2D eigenvalue weighted by Crippen LogP contribution is -2.06. The van der Waals surface area contributed by atoms with Gasteiger partial charge in [-0.2, -0.15) is 0 Å². The van der Waals surface area contributed by atoms with Gasteiger partial charge in [-0.25, -0.2) is 4.98 Å². The van der Waals surface area contributed by atoms with Crippen LogP contribution in [0.25, 0.3) is 0 Å². The van der Waals surface area contributed by atoms with E-state index in [2.05, 4.69) is 15.5 Å². The second-order valence-corrected chi connectivity index (χ2v) is 5.87. The standard InChI is InChI=1S/C15H17N3O2S/c1-10(18-20-9-15-8-16-12(3)21-15)13-4-6-14(7-5-13)17-11(2)19/h4-8H,9H2,1-3H3,(H,17,19)/b18-10+. The number of hydrogen-bond donors (Lipinski definition) is 1. The summed E-state index contributed by atoms with van der Waals surface area (Å²) in [6, 6.07) is 7.46. The smallest absolute Gasteiger partial charge is 0.221 e. The van der Waals surface area contributed by atoms with Gasteiger partial charge < -0.3 is 10.2 Å². The predicted octanol–water partition coefficient (Wildman–Crippen LogP) is 3.35. The van der Waals surface area contributed by atoms with Crippen LogP contribution in [0.2, 0.25) is 0 Å². The molecule has 0 aliphatic carbocycles. The molecule has 1 aromatic carbocycles. The largest absolute Gasteiger partial charge is 0.390 e. The molecule has 2 aromatic rings. The Bertz CT molecular complexity index is 647. The fourth-order valence-corrected chi connectivity index (χ4v) is 2.42. The van der Waals surface area contributed by atoms with Crippen molar-refractivity contribution < 1.29 is 9.63 Å². The van der Waals surface area contributed by atoms with Crippen LogP contribution in [-0.2, 0) is 16.2 Å². The van der Waals surface area contributed by atoms with Gasteiger partial charge >= 0.3 is 0 Å². The average Bonchev–Trinajstić information content (AvgIpc) is 2.84. The van der Waals surface area contributed by atoms with Gasteiger partial charge in [-0.15, -0.1) is 11.3 Å². The normalized spacial score (nSPS) is 11.3. The van der Waals surface area contributed by atoms with Crippen molar-refractivity contribution in [3.8, 4) is 0 Å². The SMILES string of the molecule is CC(=O)Nc1ccc(/C(C)=N/OCc2cnc(C)s2)cc1. The molecule has 0 bridgehead atoms. The quantitative estimate of drug-likeness (QED) is 0.680. The van der Waals surface area contributed by atoms with Crippen molar-refractivity contribution in [1.82, 2.24) is 4.98 Å². The number of anilines is 1. The number of rotatable bonds is 5. The van der Waals surface area contributed by atoms with Crippen molar-refractivity contribution >= 4 is 28.6 Å². The Morgan fingerprint density at radius 2 is 2.05 bits per heavy atom. The lowest BCUT2D eigenvalue weighted by atomic mass is 10.1. The number of benzene rings is 1. The van der Waals surface area contributed by atoms with E-state index >= 15 is 0 Å². The molecule has 0 aliphatic heterocycles. The number of hydrogen-bond acceptors (Lipinski definition) is 5. The van der Waals surface area contributed by atoms with Gasteiger partial charge in [0.05, 0.1) is 15.6 Å². The number of amides is 1. The first-order valence-corrected chi connectivity index (χ1v) is 7.32. The Kier molecular flexibility index (Phi) is 5.05.